The molecule has 0 saturated heterocycles. The molecule has 2 aliphatic carbocycles. The summed E-state index contributed by atoms with van der Waals surface area (Å²) in [7, 11) is 0. The molecule has 3 nitrogen and oxygen atoms in total. The van der Waals surface area contributed by atoms with Gasteiger partial charge in [-0.05, 0) is 50.4 Å². The predicted octanol–water partition coefficient (Wildman–Crippen LogP) is 2.84. The van der Waals surface area contributed by atoms with Crippen molar-refractivity contribution in [3.63, 3.8) is 0 Å². The van der Waals surface area contributed by atoms with Crippen molar-refractivity contribution >= 4 is 5.91 Å². The minimum atomic E-state index is 0.215. The molecule has 2 fully saturated rings. The minimum absolute atomic E-state index is 0.215. The lowest BCUT2D eigenvalue weighted by molar-refractivity contribution is -0.127. The second-order valence-electron chi connectivity index (χ2n) is 6.71. The molecule has 0 heterocycles. The third kappa shape index (κ3) is 4.20. The first kappa shape index (κ1) is 14.8. The second kappa shape index (κ2) is 7.28. The van der Waals surface area contributed by atoms with Crippen LogP contribution in [0.4, 0.5) is 0 Å². The summed E-state index contributed by atoms with van der Waals surface area (Å²) in [6.45, 7) is 2.89. The monoisotopic (exact) mass is 266 g/mol. The highest BCUT2D eigenvalue weighted by Gasteiger charge is 2.28. The van der Waals surface area contributed by atoms with E-state index in [0.29, 0.717) is 12.5 Å². The Hall–Kier alpha value is -0.570. The molecule has 2 rings (SSSR count). The van der Waals surface area contributed by atoms with Gasteiger partial charge in [-0.3, -0.25) is 4.79 Å². The molecule has 110 valence electrons. The van der Waals surface area contributed by atoms with Crippen molar-refractivity contribution in [2.45, 2.75) is 70.8 Å². The topological polar surface area (TPSA) is 55.1 Å². The minimum Gasteiger partial charge on any atom is -0.352 e. The van der Waals surface area contributed by atoms with E-state index in [2.05, 4.69) is 12.2 Å². The van der Waals surface area contributed by atoms with Gasteiger partial charge in [-0.2, -0.15) is 0 Å². The molecule has 1 atom stereocenters. The molecule has 2 aliphatic rings. The van der Waals surface area contributed by atoms with Crippen molar-refractivity contribution in [1.29, 1.82) is 0 Å². The molecular weight excluding hydrogens is 236 g/mol. The first-order valence-corrected chi connectivity index (χ1v) is 8.21. The fourth-order valence-electron chi connectivity index (χ4n) is 3.73. The van der Waals surface area contributed by atoms with Gasteiger partial charge in [0.2, 0.25) is 5.91 Å². The van der Waals surface area contributed by atoms with Gasteiger partial charge in [0, 0.05) is 18.5 Å². The summed E-state index contributed by atoms with van der Waals surface area (Å²) in [5.74, 6) is 1.93. The fourth-order valence-corrected chi connectivity index (χ4v) is 3.73. The van der Waals surface area contributed by atoms with Crippen LogP contribution in [0.2, 0.25) is 0 Å². The van der Waals surface area contributed by atoms with Gasteiger partial charge in [0.1, 0.15) is 0 Å². The predicted molar refractivity (Wildman–Crippen MR) is 78.7 cm³/mol. The number of amides is 1. The lowest BCUT2D eigenvalue weighted by Crippen LogP contribution is -2.48. The van der Waals surface area contributed by atoms with Gasteiger partial charge >= 0.3 is 0 Å². The SMILES string of the molecule is CC1CCC(C(=O)NC(CN)C2CCCCC2)CC1. The summed E-state index contributed by atoms with van der Waals surface area (Å²) in [6.07, 6.45) is 11.0. The summed E-state index contributed by atoms with van der Waals surface area (Å²) in [6, 6.07) is 0.215. The Labute approximate surface area is 117 Å². The Balaban J connectivity index is 1.81. The Morgan fingerprint density at radius 3 is 2.32 bits per heavy atom. The fraction of sp³-hybridized carbons (Fsp3) is 0.938. The summed E-state index contributed by atoms with van der Waals surface area (Å²) >= 11 is 0. The van der Waals surface area contributed by atoms with Crippen molar-refractivity contribution in [3.05, 3.63) is 0 Å². The van der Waals surface area contributed by atoms with Crippen LogP contribution < -0.4 is 11.1 Å². The highest BCUT2D eigenvalue weighted by Crippen LogP contribution is 2.30. The molecule has 0 aromatic carbocycles. The normalized spacial score (nSPS) is 30.8. The lowest BCUT2D eigenvalue weighted by Gasteiger charge is -2.32. The molecule has 0 aromatic heterocycles. The second-order valence-corrected chi connectivity index (χ2v) is 6.71. The van der Waals surface area contributed by atoms with E-state index >= 15 is 0 Å². The maximum atomic E-state index is 12.4. The Bertz CT molecular complexity index is 278. The molecule has 0 aliphatic heterocycles. The molecule has 3 heteroatoms. The molecule has 0 aromatic rings. The summed E-state index contributed by atoms with van der Waals surface area (Å²) in [5.41, 5.74) is 5.89. The van der Waals surface area contributed by atoms with Crippen LogP contribution in [0.25, 0.3) is 0 Å². The standard InChI is InChI=1S/C16H30N2O/c1-12-7-9-14(10-8-12)16(19)18-15(11-17)13-5-3-2-4-6-13/h12-15H,2-11,17H2,1H3,(H,18,19). The average Bonchev–Trinajstić information content (AvgIpc) is 2.46. The van der Waals surface area contributed by atoms with E-state index in [4.69, 9.17) is 5.73 Å². The van der Waals surface area contributed by atoms with Gasteiger partial charge in [-0.25, -0.2) is 0 Å². The van der Waals surface area contributed by atoms with Crippen LogP contribution in [-0.2, 0) is 4.79 Å². The summed E-state index contributed by atoms with van der Waals surface area (Å²) < 4.78 is 0. The zero-order valence-corrected chi connectivity index (χ0v) is 12.4. The van der Waals surface area contributed by atoms with Crippen LogP contribution >= 0.6 is 0 Å². The third-order valence-corrected chi connectivity index (χ3v) is 5.19. The highest BCUT2D eigenvalue weighted by atomic mass is 16.1. The maximum absolute atomic E-state index is 12.4. The summed E-state index contributed by atoms with van der Waals surface area (Å²) in [5, 5.41) is 3.26. The van der Waals surface area contributed by atoms with Crippen LogP contribution in [0, 0.1) is 17.8 Å². The van der Waals surface area contributed by atoms with Crippen molar-refractivity contribution in [2.24, 2.45) is 23.5 Å². The number of hydrogen-bond acceptors (Lipinski definition) is 2. The van der Waals surface area contributed by atoms with Gasteiger partial charge in [0.15, 0.2) is 0 Å². The zero-order valence-electron chi connectivity index (χ0n) is 12.4. The molecule has 0 spiro atoms. The smallest absolute Gasteiger partial charge is 0.223 e. The molecule has 0 radical (unpaired) electrons. The van der Waals surface area contributed by atoms with Crippen molar-refractivity contribution < 1.29 is 4.79 Å². The van der Waals surface area contributed by atoms with Crippen molar-refractivity contribution in [3.8, 4) is 0 Å². The largest absolute Gasteiger partial charge is 0.352 e. The number of nitrogens with one attached hydrogen (secondary N) is 1. The number of carbonyl (C=O) groups is 1. The van der Waals surface area contributed by atoms with E-state index in [-0.39, 0.29) is 17.9 Å². The molecule has 2 saturated carbocycles. The van der Waals surface area contributed by atoms with E-state index in [1.165, 1.54) is 44.9 Å². The van der Waals surface area contributed by atoms with Gasteiger partial charge < -0.3 is 11.1 Å². The first-order chi connectivity index (χ1) is 9.20. The quantitative estimate of drug-likeness (QED) is 0.822. The van der Waals surface area contributed by atoms with E-state index in [1.54, 1.807) is 0 Å². The lowest BCUT2D eigenvalue weighted by atomic mass is 9.81. The third-order valence-electron chi connectivity index (χ3n) is 5.19. The molecule has 1 amide bonds. The van der Waals surface area contributed by atoms with Crippen LogP contribution in [0.15, 0.2) is 0 Å². The van der Waals surface area contributed by atoms with E-state index in [1.807, 2.05) is 0 Å². The van der Waals surface area contributed by atoms with E-state index in [9.17, 15) is 4.79 Å². The average molecular weight is 266 g/mol. The van der Waals surface area contributed by atoms with Crippen molar-refractivity contribution in [1.82, 2.24) is 5.32 Å². The number of hydrogen-bond donors (Lipinski definition) is 2. The van der Waals surface area contributed by atoms with E-state index < -0.39 is 0 Å². The molecule has 0 bridgehead atoms. The van der Waals surface area contributed by atoms with Crippen LogP contribution in [0.1, 0.15) is 64.7 Å². The van der Waals surface area contributed by atoms with Gasteiger partial charge in [0.05, 0.1) is 0 Å². The van der Waals surface area contributed by atoms with E-state index in [0.717, 1.165) is 18.8 Å². The molecule has 1 unspecified atom stereocenters. The van der Waals surface area contributed by atoms with Crippen LogP contribution in [0.3, 0.4) is 0 Å². The maximum Gasteiger partial charge on any atom is 0.223 e. The first-order valence-electron chi connectivity index (χ1n) is 8.21. The number of carbonyl (C=O) groups excluding carboxylic acids is 1. The summed E-state index contributed by atoms with van der Waals surface area (Å²) in [4.78, 5) is 12.4. The van der Waals surface area contributed by atoms with Crippen molar-refractivity contribution in [2.75, 3.05) is 6.54 Å². The number of rotatable bonds is 4. The molecule has 19 heavy (non-hydrogen) atoms. The Morgan fingerprint density at radius 1 is 1.11 bits per heavy atom. The molecular formula is C16H30N2O. The number of nitrogens with two attached hydrogens (primary N) is 1. The van der Waals surface area contributed by atoms with Crippen LogP contribution in [-0.4, -0.2) is 18.5 Å². The highest BCUT2D eigenvalue weighted by molar-refractivity contribution is 5.79. The Morgan fingerprint density at radius 2 is 1.74 bits per heavy atom. The van der Waals surface area contributed by atoms with Gasteiger partial charge in [0.25, 0.3) is 0 Å². The molecule has 3 N–H and O–H groups in total. The Kier molecular flexibility index (Phi) is 5.68. The van der Waals surface area contributed by atoms with Gasteiger partial charge in [-0.1, -0.05) is 26.2 Å². The van der Waals surface area contributed by atoms with Gasteiger partial charge in [-0.15, -0.1) is 0 Å². The zero-order chi connectivity index (χ0) is 13.7. The van der Waals surface area contributed by atoms with Crippen LogP contribution in [0.5, 0.6) is 0 Å².